The Kier molecular flexibility index (Phi) is 14.3. The van der Waals surface area contributed by atoms with Gasteiger partial charge in [0.15, 0.2) is 16.6 Å². The van der Waals surface area contributed by atoms with E-state index in [4.69, 9.17) is 0 Å². The maximum absolute atomic E-state index is 13.2. The third-order valence-corrected chi connectivity index (χ3v) is 13.8. The van der Waals surface area contributed by atoms with Crippen molar-refractivity contribution in [1.29, 1.82) is 10.5 Å². The van der Waals surface area contributed by atoms with Crippen molar-refractivity contribution < 1.29 is 56.7 Å². The van der Waals surface area contributed by atoms with Gasteiger partial charge in [-0.05, 0) is 97.9 Å². The maximum atomic E-state index is 13.2. The lowest BCUT2D eigenvalue weighted by molar-refractivity contribution is 0.102. The van der Waals surface area contributed by atoms with Crippen LogP contribution in [-0.2, 0) is 40.5 Å². The van der Waals surface area contributed by atoms with Gasteiger partial charge in [-0.2, -0.15) is 44.2 Å². The van der Waals surface area contributed by atoms with E-state index in [9.17, 15) is 67.2 Å². The summed E-state index contributed by atoms with van der Waals surface area (Å²) in [4.78, 5) is 19.6. The van der Waals surface area contributed by atoms with Gasteiger partial charge in [0.05, 0.1) is 30.7 Å². The standard InChI is InChI=1S/C42H29N11O13S5/c1-23-34(22-44)38(45-27-10-14-30(15-11-27)68(55,56)57)49-39(46-28-12-16-31(17-13-28)69(58,59)60)36(23)51-53-42-48-37(41(67-42)52-50-35-5-3-2-4-25(35)21-43)24-6-8-29(9-7-24)47-40(54)26-18-32(70(61,62)63)20-33(19-26)71(64,65)66/h2-20H,1H3,(H,47,54)(H2,45,46,49)(H,55,56,57)(H,58,59,60)(H,61,62,63)(H,64,65,66). The lowest BCUT2D eigenvalue weighted by Crippen LogP contribution is -2.14. The minimum atomic E-state index is -5.02. The zero-order chi connectivity index (χ0) is 51.5. The van der Waals surface area contributed by atoms with Gasteiger partial charge in [-0.1, -0.05) is 35.6 Å². The van der Waals surface area contributed by atoms with E-state index < -0.39 is 71.5 Å². The van der Waals surface area contributed by atoms with Gasteiger partial charge in [0.25, 0.3) is 46.4 Å². The summed E-state index contributed by atoms with van der Waals surface area (Å²) in [6.45, 7) is 1.52. The molecule has 0 radical (unpaired) electrons. The number of aromatic nitrogens is 2. The molecule has 0 aliphatic rings. The summed E-state index contributed by atoms with van der Waals surface area (Å²) in [5.41, 5.74) is 1.08. The van der Waals surface area contributed by atoms with Crippen LogP contribution in [0.15, 0.2) is 155 Å². The molecule has 5 aromatic carbocycles. The third kappa shape index (κ3) is 12.1. The highest BCUT2D eigenvalue weighted by molar-refractivity contribution is 7.87. The number of benzene rings is 5. The molecule has 360 valence electrons. The molecule has 7 rings (SSSR count). The van der Waals surface area contributed by atoms with E-state index >= 15 is 0 Å². The van der Waals surface area contributed by atoms with Gasteiger partial charge in [0, 0.05) is 33.8 Å². The molecule has 0 fully saturated rings. The minimum Gasteiger partial charge on any atom is -0.339 e. The summed E-state index contributed by atoms with van der Waals surface area (Å²) in [6.07, 6.45) is 0. The number of nitriles is 2. The normalized spacial score (nSPS) is 12.1. The SMILES string of the molecule is Cc1c(C#N)c(Nc2ccc(S(=O)(=O)O)cc2)nc(Nc2ccc(S(=O)(=O)O)cc2)c1N=Nc1nc(-c2ccc(NC(=O)c3cc(S(=O)(=O)O)cc(S(=O)(=O)O)c3)cc2)c(N=Nc2ccccc2C#N)s1. The van der Waals surface area contributed by atoms with Crippen molar-refractivity contribution in [2.24, 2.45) is 20.5 Å². The predicted octanol–water partition coefficient (Wildman–Crippen LogP) is 8.81. The van der Waals surface area contributed by atoms with Crippen LogP contribution >= 0.6 is 11.3 Å². The molecular weight excluding hydrogens is 1030 g/mol. The van der Waals surface area contributed by atoms with Gasteiger partial charge in [-0.15, -0.1) is 20.5 Å². The summed E-state index contributed by atoms with van der Waals surface area (Å²) < 4.78 is 132. The number of anilines is 5. The van der Waals surface area contributed by atoms with Crippen molar-refractivity contribution in [3.63, 3.8) is 0 Å². The van der Waals surface area contributed by atoms with Gasteiger partial charge in [0.1, 0.15) is 29.2 Å². The van der Waals surface area contributed by atoms with Crippen molar-refractivity contribution >= 4 is 108 Å². The Labute approximate surface area is 406 Å². The van der Waals surface area contributed by atoms with Crippen molar-refractivity contribution in [1.82, 2.24) is 9.97 Å². The highest BCUT2D eigenvalue weighted by atomic mass is 32.2. The molecule has 7 N–H and O–H groups in total. The van der Waals surface area contributed by atoms with Crippen molar-refractivity contribution in [3.05, 3.63) is 138 Å². The molecule has 0 saturated heterocycles. The molecule has 0 bridgehead atoms. The van der Waals surface area contributed by atoms with Gasteiger partial charge in [-0.3, -0.25) is 23.0 Å². The van der Waals surface area contributed by atoms with Crippen molar-refractivity contribution in [2.75, 3.05) is 16.0 Å². The van der Waals surface area contributed by atoms with Crippen LogP contribution in [0.25, 0.3) is 11.3 Å². The fraction of sp³-hybridized carbons (Fsp3) is 0.0238. The van der Waals surface area contributed by atoms with E-state index in [0.717, 1.165) is 35.6 Å². The summed E-state index contributed by atoms with van der Waals surface area (Å²) in [5.74, 6) is -1.13. The number of carbonyl (C=O) groups excluding carboxylic acids is 1. The fourth-order valence-electron chi connectivity index (χ4n) is 6.19. The highest BCUT2D eigenvalue weighted by Crippen LogP contribution is 2.43. The quantitative estimate of drug-likeness (QED) is 0.0372. The summed E-state index contributed by atoms with van der Waals surface area (Å²) in [5, 5.41) is 45.8. The second-order valence-electron chi connectivity index (χ2n) is 14.4. The number of carbonyl (C=O) groups is 1. The van der Waals surface area contributed by atoms with Gasteiger partial charge < -0.3 is 16.0 Å². The summed E-state index contributed by atoms with van der Waals surface area (Å²) in [6, 6.07) is 27.7. The monoisotopic (exact) mass is 1060 g/mol. The van der Waals surface area contributed by atoms with E-state index in [1.165, 1.54) is 61.5 Å². The molecule has 2 aromatic heterocycles. The van der Waals surface area contributed by atoms with Crippen molar-refractivity contribution in [3.8, 4) is 23.4 Å². The number of azo groups is 2. The molecule has 0 saturated carbocycles. The molecule has 0 aliphatic carbocycles. The zero-order valence-electron chi connectivity index (χ0n) is 35.6. The first-order chi connectivity index (χ1) is 33.4. The molecule has 0 unspecified atom stereocenters. The van der Waals surface area contributed by atoms with Crippen molar-refractivity contribution in [2.45, 2.75) is 26.5 Å². The Morgan fingerprint density at radius 3 is 1.63 bits per heavy atom. The molecule has 2 heterocycles. The van der Waals surface area contributed by atoms with Crippen LogP contribution in [0.2, 0.25) is 0 Å². The predicted molar refractivity (Wildman–Crippen MR) is 254 cm³/mol. The largest absolute Gasteiger partial charge is 0.339 e. The highest BCUT2D eigenvalue weighted by Gasteiger charge is 2.23. The smallest absolute Gasteiger partial charge is 0.294 e. The molecule has 71 heavy (non-hydrogen) atoms. The number of hydrogen-bond donors (Lipinski definition) is 7. The second kappa shape index (κ2) is 20.0. The van der Waals surface area contributed by atoms with E-state index in [1.54, 1.807) is 18.2 Å². The number of hydrogen-bond acceptors (Lipinski definition) is 20. The van der Waals surface area contributed by atoms with Crippen LogP contribution in [0.4, 0.5) is 50.2 Å². The first-order valence-electron chi connectivity index (χ1n) is 19.4. The number of nitrogens with zero attached hydrogens (tertiary/aromatic N) is 8. The minimum absolute atomic E-state index is 0.0264. The Bertz CT molecular complexity index is 3840. The number of pyridine rings is 1. The van der Waals surface area contributed by atoms with Crippen LogP contribution in [0.5, 0.6) is 0 Å². The van der Waals surface area contributed by atoms with E-state index in [1.807, 2.05) is 12.1 Å². The van der Waals surface area contributed by atoms with Crippen LogP contribution in [0, 0.1) is 29.6 Å². The first kappa shape index (κ1) is 50.6. The summed E-state index contributed by atoms with van der Waals surface area (Å²) in [7, 11) is -19.1. The Balaban J connectivity index is 1.28. The fourth-order valence-corrected chi connectivity index (χ4v) is 9.06. The summed E-state index contributed by atoms with van der Waals surface area (Å²) >= 11 is 0.879. The van der Waals surface area contributed by atoms with Gasteiger partial charge in [-0.25, -0.2) is 9.97 Å². The molecule has 1 amide bonds. The van der Waals surface area contributed by atoms with E-state index in [2.05, 4.69) is 46.4 Å². The lowest BCUT2D eigenvalue weighted by atomic mass is 10.1. The second-order valence-corrected chi connectivity index (χ2v) is 21.0. The Morgan fingerprint density at radius 2 is 1.11 bits per heavy atom. The van der Waals surface area contributed by atoms with Crippen LogP contribution in [-0.4, -0.2) is 67.8 Å². The van der Waals surface area contributed by atoms with E-state index in [-0.39, 0.29) is 72.6 Å². The first-order valence-corrected chi connectivity index (χ1v) is 26.0. The topological polar surface area (TPSA) is 393 Å². The number of rotatable bonds is 15. The van der Waals surface area contributed by atoms with E-state index in [0.29, 0.717) is 23.8 Å². The molecule has 0 spiro atoms. The molecule has 0 atom stereocenters. The molecule has 29 heteroatoms. The molecular formula is C42H29N11O13S5. The maximum Gasteiger partial charge on any atom is 0.294 e. The molecule has 0 aliphatic heterocycles. The van der Waals surface area contributed by atoms with Gasteiger partial charge in [0.2, 0.25) is 5.13 Å². The average Bonchev–Trinajstić information content (AvgIpc) is 3.73. The van der Waals surface area contributed by atoms with Crippen LogP contribution in [0.1, 0.15) is 27.0 Å². The third-order valence-electron chi connectivity index (χ3n) is 9.62. The zero-order valence-corrected chi connectivity index (χ0v) is 39.6. The number of amides is 1. The number of thiazole rings is 1. The van der Waals surface area contributed by atoms with Crippen LogP contribution in [0.3, 0.4) is 0 Å². The van der Waals surface area contributed by atoms with Gasteiger partial charge >= 0.3 is 0 Å². The Morgan fingerprint density at radius 1 is 0.592 bits per heavy atom. The van der Waals surface area contributed by atoms with Crippen LogP contribution < -0.4 is 16.0 Å². The lowest BCUT2D eigenvalue weighted by Gasteiger charge is -2.16. The molecule has 7 aromatic rings. The molecule has 24 nitrogen and oxygen atoms in total. The average molecular weight is 1060 g/mol. The Hall–Kier alpha value is -8.23. The number of nitrogens with one attached hydrogen (secondary N) is 3.